The number of carbonyl (C=O) groups excluding carboxylic acids is 2. The van der Waals surface area contributed by atoms with Gasteiger partial charge in [0, 0.05) is 5.69 Å². The average molecular weight is 422 g/mol. The molecule has 3 aromatic rings. The number of nitrogens with one attached hydrogen (secondary N) is 1. The van der Waals surface area contributed by atoms with Gasteiger partial charge in [0.15, 0.2) is 0 Å². The van der Waals surface area contributed by atoms with Crippen LogP contribution in [0.5, 0.6) is 11.5 Å². The molecule has 1 N–H and O–H groups in total. The van der Waals surface area contributed by atoms with E-state index in [2.05, 4.69) is 5.32 Å². The molecule has 0 fully saturated rings. The molecular formula is C22H18N2O5S. The summed E-state index contributed by atoms with van der Waals surface area (Å²) >= 11 is 0. The fraction of sp³-hybridized carbons (Fsp3) is 0.0909. The molecule has 30 heavy (non-hydrogen) atoms. The highest BCUT2D eigenvalue weighted by molar-refractivity contribution is 7.90. The lowest BCUT2D eigenvalue weighted by Gasteiger charge is -2.22. The number of sulfonamides is 1. The van der Waals surface area contributed by atoms with Gasteiger partial charge in [0.1, 0.15) is 22.4 Å². The van der Waals surface area contributed by atoms with E-state index in [9.17, 15) is 18.0 Å². The maximum atomic E-state index is 12.7. The molecule has 1 heterocycles. The predicted molar refractivity (Wildman–Crippen MR) is 111 cm³/mol. The molecular weight excluding hydrogens is 404 g/mol. The van der Waals surface area contributed by atoms with Crippen molar-refractivity contribution in [1.82, 2.24) is 4.31 Å². The summed E-state index contributed by atoms with van der Waals surface area (Å²) in [7, 11) is -4.07. The first-order chi connectivity index (χ1) is 14.4. The van der Waals surface area contributed by atoms with Gasteiger partial charge in [-0.1, -0.05) is 30.3 Å². The molecule has 0 aromatic heterocycles. The highest BCUT2D eigenvalue weighted by Crippen LogP contribution is 2.32. The van der Waals surface area contributed by atoms with Crippen LogP contribution >= 0.6 is 0 Å². The van der Waals surface area contributed by atoms with Crippen LogP contribution in [0.1, 0.15) is 17.3 Å². The molecule has 1 aliphatic heterocycles. The first-order valence-electron chi connectivity index (χ1n) is 9.19. The third-order valence-corrected chi connectivity index (χ3v) is 6.60. The lowest BCUT2D eigenvalue weighted by molar-refractivity contribution is -0.118. The van der Waals surface area contributed by atoms with E-state index < -0.39 is 27.9 Å². The fourth-order valence-corrected chi connectivity index (χ4v) is 4.89. The molecule has 1 unspecified atom stereocenters. The van der Waals surface area contributed by atoms with Crippen LogP contribution in [0.15, 0.2) is 83.8 Å². The monoisotopic (exact) mass is 422 g/mol. The van der Waals surface area contributed by atoms with E-state index in [0.29, 0.717) is 21.5 Å². The van der Waals surface area contributed by atoms with Gasteiger partial charge in [0.2, 0.25) is 5.91 Å². The number of carbonyl (C=O) groups is 2. The van der Waals surface area contributed by atoms with Gasteiger partial charge >= 0.3 is 0 Å². The Balaban J connectivity index is 1.47. The summed E-state index contributed by atoms with van der Waals surface area (Å²) in [6.45, 7) is 1.38. The molecule has 152 valence electrons. The maximum absolute atomic E-state index is 12.7. The summed E-state index contributed by atoms with van der Waals surface area (Å²) in [6.07, 6.45) is 0. The number of rotatable bonds is 5. The molecule has 0 radical (unpaired) electrons. The summed E-state index contributed by atoms with van der Waals surface area (Å²) in [4.78, 5) is 25.2. The molecule has 1 aliphatic rings. The Morgan fingerprint density at radius 2 is 1.50 bits per heavy atom. The van der Waals surface area contributed by atoms with Gasteiger partial charge in [-0.3, -0.25) is 9.59 Å². The second kappa shape index (κ2) is 7.64. The van der Waals surface area contributed by atoms with Crippen molar-refractivity contribution >= 4 is 27.5 Å². The number of nitrogens with zero attached hydrogens (tertiary/aromatic N) is 1. The van der Waals surface area contributed by atoms with Gasteiger partial charge in [-0.05, 0) is 55.5 Å². The normalized spacial score (nSPS) is 15.4. The van der Waals surface area contributed by atoms with E-state index in [4.69, 9.17) is 4.74 Å². The Morgan fingerprint density at radius 3 is 2.17 bits per heavy atom. The van der Waals surface area contributed by atoms with Crippen molar-refractivity contribution in [3.63, 3.8) is 0 Å². The standard InChI is InChI=1S/C22H18N2O5S/c1-15(24-22(26)19-9-5-6-10-20(19)30(24,27)28)21(25)23-16-11-13-18(14-12-16)29-17-7-3-2-4-8-17/h2-15H,1H3,(H,23,25). The maximum Gasteiger partial charge on any atom is 0.269 e. The molecule has 8 heteroatoms. The average Bonchev–Trinajstić information content (AvgIpc) is 2.95. The number of benzene rings is 3. The van der Waals surface area contributed by atoms with Crippen LogP contribution in [0.25, 0.3) is 0 Å². The molecule has 0 saturated heterocycles. The van der Waals surface area contributed by atoms with Crippen molar-refractivity contribution in [2.24, 2.45) is 0 Å². The molecule has 4 rings (SSSR count). The van der Waals surface area contributed by atoms with Crippen LogP contribution < -0.4 is 10.1 Å². The SMILES string of the molecule is CC(C(=O)Nc1ccc(Oc2ccccc2)cc1)N1C(=O)c2ccccc2S1(=O)=O. The summed E-state index contributed by atoms with van der Waals surface area (Å²) in [5.41, 5.74) is 0.522. The Morgan fingerprint density at radius 1 is 0.900 bits per heavy atom. The molecule has 0 saturated carbocycles. The molecule has 2 amide bonds. The first-order valence-corrected chi connectivity index (χ1v) is 10.6. The van der Waals surface area contributed by atoms with Crippen molar-refractivity contribution in [2.75, 3.05) is 5.32 Å². The minimum absolute atomic E-state index is 0.0690. The van der Waals surface area contributed by atoms with Gasteiger partial charge in [-0.25, -0.2) is 12.7 Å². The highest BCUT2D eigenvalue weighted by Gasteiger charge is 2.45. The second-order valence-electron chi connectivity index (χ2n) is 6.71. The van der Waals surface area contributed by atoms with Crippen LogP contribution in [0.2, 0.25) is 0 Å². The number of amides is 2. The lowest BCUT2D eigenvalue weighted by Crippen LogP contribution is -2.45. The van der Waals surface area contributed by atoms with Gasteiger partial charge in [-0.15, -0.1) is 0 Å². The zero-order chi connectivity index (χ0) is 21.3. The summed E-state index contributed by atoms with van der Waals surface area (Å²) < 4.78 is 31.8. The van der Waals surface area contributed by atoms with E-state index in [1.54, 1.807) is 30.3 Å². The minimum Gasteiger partial charge on any atom is -0.457 e. The van der Waals surface area contributed by atoms with Crippen LogP contribution in [-0.4, -0.2) is 30.6 Å². The van der Waals surface area contributed by atoms with E-state index in [1.165, 1.54) is 25.1 Å². The van der Waals surface area contributed by atoms with Gasteiger partial charge in [0.25, 0.3) is 15.9 Å². The van der Waals surface area contributed by atoms with E-state index >= 15 is 0 Å². The predicted octanol–water partition coefficient (Wildman–Crippen LogP) is 3.65. The Kier molecular flexibility index (Phi) is 5.01. The number of fused-ring (bicyclic) bond motifs is 1. The topological polar surface area (TPSA) is 92.8 Å². The number of anilines is 1. The number of hydrogen-bond donors (Lipinski definition) is 1. The molecule has 7 nitrogen and oxygen atoms in total. The molecule has 0 aliphatic carbocycles. The van der Waals surface area contributed by atoms with Crippen molar-refractivity contribution in [1.29, 1.82) is 0 Å². The molecule has 3 aromatic carbocycles. The van der Waals surface area contributed by atoms with Crippen molar-refractivity contribution in [3.05, 3.63) is 84.4 Å². The van der Waals surface area contributed by atoms with Crippen LogP contribution in [0.3, 0.4) is 0 Å². The van der Waals surface area contributed by atoms with Crippen LogP contribution in [0, 0.1) is 0 Å². The minimum atomic E-state index is -4.07. The fourth-order valence-electron chi connectivity index (χ4n) is 3.17. The first kappa shape index (κ1) is 19.7. The third-order valence-electron chi connectivity index (χ3n) is 4.69. The largest absolute Gasteiger partial charge is 0.457 e. The van der Waals surface area contributed by atoms with Crippen LogP contribution in [-0.2, 0) is 14.8 Å². The summed E-state index contributed by atoms with van der Waals surface area (Å²) in [5, 5.41) is 2.64. The third kappa shape index (κ3) is 3.53. The summed E-state index contributed by atoms with van der Waals surface area (Å²) in [6, 6.07) is 20.6. The van der Waals surface area contributed by atoms with Crippen molar-refractivity contribution < 1.29 is 22.7 Å². The van der Waals surface area contributed by atoms with Gasteiger partial charge in [0.05, 0.1) is 5.56 Å². The van der Waals surface area contributed by atoms with Crippen molar-refractivity contribution in [2.45, 2.75) is 17.9 Å². The van der Waals surface area contributed by atoms with E-state index in [1.807, 2.05) is 30.3 Å². The van der Waals surface area contributed by atoms with Gasteiger partial charge < -0.3 is 10.1 Å². The van der Waals surface area contributed by atoms with Crippen LogP contribution in [0.4, 0.5) is 5.69 Å². The Bertz CT molecular complexity index is 1210. The van der Waals surface area contributed by atoms with E-state index in [0.717, 1.165) is 0 Å². The summed E-state index contributed by atoms with van der Waals surface area (Å²) in [5.74, 6) is -0.0588. The lowest BCUT2D eigenvalue weighted by atomic mass is 10.2. The number of ether oxygens (including phenoxy) is 1. The quantitative estimate of drug-likeness (QED) is 0.678. The van der Waals surface area contributed by atoms with Crippen molar-refractivity contribution in [3.8, 4) is 11.5 Å². The Hall–Kier alpha value is -3.65. The van der Waals surface area contributed by atoms with E-state index in [-0.39, 0.29) is 10.5 Å². The molecule has 0 spiro atoms. The smallest absolute Gasteiger partial charge is 0.269 e. The highest BCUT2D eigenvalue weighted by atomic mass is 32.2. The van der Waals surface area contributed by atoms with Gasteiger partial charge in [-0.2, -0.15) is 0 Å². The second-order valence-corrected chi connectivity index (χ2v) is 8.49. The molecule has 0 bridgehead atoms. The number of para-hydroxylation sites is 1. The zero-order valence-electron chi connectivity index (χ0n) is 16.0. The molecule has 1 atom stereocenters. The number of hydrogen-bond acceptors (Lipinski definition) is 5. The zero-order valence-corrected chi connectivity index (χ0v) is 16.8. The Labute approximate surface area is 174 Å².